The molecule has 0 aliphatic heterocycles. The van der Waals surface area contributed by atoms with Gasteiger partial charge in [0.05, 0.1) is 11.3 Å². The lowest BCUT2D eigenvalue weighted by atomic mass is 10.1. The van der Waals surface area contributed by atoms with Gasteiger partial charge >= 0.3 is 5.97 Å². The fraction of sp³-hybridized carbons (Fsp3) is 0.0714. The number of anilines is 2. The number of carboxylic acids is 1. The molecule has 0 radical (unpaired) electrons. The second-order valence-electron chi connectivity index (χ2n) is 4.06. The quantitative estimate of drug-likeness (QED) is 0.887. The van der Waals surface area contributed by atoms with Gasteiger partial charge in [-0.2, -0.15) is 0 Å². The zero-order valence-electron chi connectivity index (χ0n) is 10.1. The van der Waals surface area contributed by atoms with E-state index in [1.54, 1.807) is 13.0 Å². The molecule has 0 fully saturated rings. The van der Waals surface area contributed by atoms with Crippen molar-refractivity contribution in [2.75, 3.05) is 5.32 Å². The van der Waals surface area contributed by atoms with Gasteiger partial charge in [-0.3, -0.25) is 0 Å². The Bertz CT molecular complexity index is 641. The van der Waals surface area contributed by atoms with E-state index in [0.29, 0.717) is 5.56 Å². The van der Waals surface area contributed by atoms with Gasteiger partial charge in [0.15, 0.2) is 0 Å². The van der Waals surface area contributed by atoms with Crippen LogP contribution in [0.3, 0.4) is 0 Å². The molecular formula is C14H11F2NO2. The minimum atomic E-state index is -1.26. The molecule has 0 heterocycles. The molecule has 0 saturated heterocycles. The number of nitrogens with one attached hydrogen (secondary N) is 1. The highest BCUT2D eigenvalue weighted by molar-refractivity contribution is 5.95. The summed E-state index contributed by atoms with van der Waals surface area (Å²) < 4.78 is 27.0. The first kappa shape index (κ1) is 13.0. The summed E-state index contributed by atoms with van der Waals surface area (Å²) >= 11 is 0. The summed E-state index contributed by atoms with van der Waals surface area (Å²) in [5.74, 6) is -2.41. The summed E-state index contributed by atoms with van der Waals surface area (Å²) in [5.41, 5.74) is 0.354. The molecule has 2 aromatic carbocycles. The van der Waals surface area contributed by atoms with Crippen LogP contribution in [0.4, 0.5) is 20.2 Å². The molecular weight excluding hydrogens is 252 g/mol. The molecule has 3 nitrogen and oxygen atoms in total. The van der Waals surface area contributed by atoms with E-state index < -0.39 is 17.6 Å². The van der Waals surface area contributed by atoms with Crippen molar-refractivity contribution in [3.05, 3.63) is 59.2 Å². The van der Waals surface area contributed by atoms with Crippen LogP contribution >= 0.6 is 0 Å². The third-order valence-corrected chi connectivity index (χ3v) is 2.69. The lowest BCUT2D eigenvalue weighted by Crippen LogP contribution is -2.05. The first-order valence-electron chi connectivity index (χ1n) is 5.54. The molecule has 0 spiro atoms. The van der Waals surface area contributed by atoms with E-state index in [4.69, 9.17) is 5.11 Å². The van der Waals surface area contributed by atoms with E-state index in [-0.39, 0.29) is 16.9 Å². The number of hydrogen-bond donors (Lipinski definition) is 2. The molecule has 2 N–H and O–H groups in total. The predicted octanol–water partition coefficient (Wildman–Crippen LogP) is 3.72. The number of aromatic carboxylic acids is 1. The van der Waals surface area contributed by atoms with E-state index in [2.05, 4.69) is 5.32 Å². The molecule has 0 aliphatic carbocycles. The molecule has 2 aromatic rings. The first-order chi connectivity index (χ1) is 8.99. The summed E-state index contributed by atoms with van der Waals surface area (Å²) in [6.07, 6.45) is 0. The second-order valence-corrected chi connectivity index (χ2v) is 4.06. The standard InChI is InChI=1S/C14H11F2NO2/c1-8-5-6-9(7-12(8)16)17-13-10(14(18)19)3-2-4-11(13)15/h2-7,17H,1H3,(H,18,19). The number of rotatable bonds is 3. The zero-order chi connectivity index (χ0) is 14.0. The lowest BCUT2D eigenvalue weighted by Gasteiger charge is -2.11. The average molecular weight is 263 g/mol. The van der Waals surface area contributed by atoms with Gasteiger partial charge in [-0.25, -0.2) is 13.6 Å². The summed E-state index contributed by atoms with van der Waals surface area (Å²) in [6, 6.07) is 7.99. The van der Waals surface area contributed by atoms with E-state index >= 15 is 0 Å². The molecule has 0 aromatic heterocycles. The second kappa shape index (κ2) is 5.06. The molecule has 0 saturated carbocycles. The number of carboxylic acid groups (broad SMARTS) is 1. The van der Waals surface area contributed by atoms with Crippen LogP contribution in [0.1, 0.15) is 15.9 Å². The van der Waals surface area contributed by atoms with Crippen LogP contribution in [0.2, 0.25) is 0 Å². The van der Waals surface area contributed by atoms with Crippen LogP contribution in [-0.4, -0.2) is 11.1 Å². The van der Waals surface area contributed by atoms with Crippen LogP contribution in [0, 0.1) is 18.6 Å². The van der Waals surface area contributed by atoms with Crippen LogP contribution in [0.15, 0.2) is 36.4 Å². The van der Waals surface area contributed by atoms with Crippen molar-refractivity contribution in [1.82, 2.24) is 0 Å². The number of halogens is 2. The third kappa shape index (κ3) is 2.70. The number of para-hydroxylation sites is 1. The summed E-state index contributed by atoms with van der Waals surface area (Å²) in [5, 5.41) is 11.6. The number of benzene rings is 2. The van der Waals surface area contributed by atoms with Gasteiger partial charge in [0.25, 0.3) is 0 Å². The van der Waals surface area contributed by atoms with Gasteiger partial charge in [0.2, 0.25) is 0 Å². The summed E-state index contributed by atoms with van der Waals surface area (Å²) in [4.78, 5) is 11.0. The van der Waals surface area contributed by atoms with Crippen molar-refractivity contribution in [2.24, 2.45) is 0 Å². The average Bonchev–Trinajstić information content (AvgIpc) is 2.36. The molecule has 0 bridgehead atoms. The molecule has 0 amide bonds. The Labute approximate surface area is 108 Å². The van der Waals surface area contributed by atoms with Gasteiger partial charge < -0.3 is 10.4 Å². The third-order valence-electron chi connectivity index (χ3n) is 2.69. The van der Waals surface area contributed by atoms with E-state index in [0.717, 1.165) is 6.07 Å². The van der Waals surface area contributed by atoms with Crippen LogP contribution in [0.5, 0.6) is 0 Å². The largest absolute Gasteiger partial charge is 0.478 e. The van der Waals surface area contributed by atoms with E-state index in [9.17, 15) is 13.6 Å². The fourth-order valence-corrected chi connectivity index (χ4v) is 1.64. The Hall–Kier alpha value is -2.43. The van der Waals surface area contributed by atoms with Crippen molar-refractivity contribution >= 4 is 17.3 Å². The highest BCUT2D eigenvalue weighted by Crippen LogP contribution is 2.25. The van der Waals surface area contributed by atoms with E-state index in [1.807, 2.05) is 0 Å². The number of aryl methyl sites for hydroxylation is 1. The topological polar surface area (TPSA) is 49.3 Å². The van der Waals surface area contributed by atoms with Crippen LogP contribution < -0.4 is 5.32 Å². The van der Waals surface area contributed by atoms with Gasteiger partial charge in [0, 0.05) is 5.69 Å². The maximum atomic E-state index is 13.7. The zero-order valence-corrected chi connectivity index (χ0v) is 10.1. The molecule has 0 atom stereocenters. The lowest BCUT2D eigenvalue weighted by molar-refractivity contribution is 0.0697. The highest BCUT2D eigenvalue weighted by atomic mass is 19.1. The first-order valence-corrected chi connectivity index (χ1v) is 5.54. The molecule has 5 heteroatoms. The maximum Gasteiger partial charge on any atom is 0.337 e. The molecule has 0 aliphatic rings. The van der Waals surface area contributed by atoms with Crippen molar-refractivity contribution in [1.29, 1.82) is 0 Å². The smallest absolute Gasteiger partial charge is 0.337 e. The monoisotopic (exact) mass is 263 g/mol. The fourth-order valence-electron chi connectivity index (χ4n) is 1.64. The van der Waals surface area contributed by atoms with Crippen molar-refractivity contribution in [3.63, 3.8) is 0 Å². The Morgan fingerprint density at radius 2 is 1.89 bits per heavy atom. The Morgan fingerprint density at radius 1 is 1.16 bits per heavy atom. The van der Waals surface area contributed by atoms with Gasteiger partial charge in [-0.1, -0.05) is 12.1 Å². The Morgan fingerprint density at radius 3 is 2.53 bits per heavy atom. The van der Waals surface area contributed by atoms with E-state index in [1.165, 1.54) is 24.3 Å². The van der Waals surface area contributed by atoms with Crippen molar-refractivity contribution in [3.8, 4) is 0 Å². The van der Waals surface area contributed by atoms with Gasteiger partial charge in [-0.05, 0) is 36.8 Å². The van der Waals surface area contributed by atoms with Crippen molar-refractivity contribution in [2.45, 2.75) is 6.92 Å². The SMILES string of the molecule is Cc1ccc(Nc2c(F)cccc2C(=O)O)cc1F. The Balaban J connectivity index is 2.42. The number of carbonyl (C=O) groups is 1. The molecule has 98 valence electrons. The number of hydrogen-bond acceptors (Lipinski definition) is 2. The normalized spacial score (nSPS) is 10.3. The molecule has 19 heavy (non-hydrogen) atoms. The molecule has 2 rings (SSSR count). The van der Waals surface area contributed by atoms with Crippen LogP contribution in [-0.2, 0) is 0 Å². The Kier molecular flexibility index (Phi) is 3.46. The molecule has 0 unspecified atom stereocenters. The van der Waals surface area contributed by atoms with Crippen LogP contribution in [0.25, 0.3) is 0 Å². The van der Waals surface area contributed by atoms with Gasteiger partial charge in [0.1, 0.15) is 11.6 Å². The predicted molar refractivity (Wildman–Crippen MR) is 67.8 cm³/mol. The maximum absolute atomic E-state index is 13.7. The van der Waals surface area contributed by atoms with Gasteiger partial charge in [-0.15, -0.1) is 0 Å². The summed E-state index contributed by atoms with van der Waals surface area (Å²) in [6.45, 7) is 1.60. The minimum Gasteiger partial charge on any atom is -0.478 e. The summed E-state index contributed by atoms with van der Waals surface area (Å²) in [7, 11) is 0. The highest BCUT2D eigenvalue weighted by Gasteiger charge is 2.14. The minimum absolute atomic E-state index is 0.182. The van der Waals surface area contributed by atoms with Crippen molar-refractivity contribution < 1.29 is 18.7 Å².